The quantitative estimate of drug-likeness (QED) is 0.448. The van der Waals surface area contributed by atoms with E-state index in [1.54, 1.807) is 25.1 Å². The van der Waals surface area contributed by atoms with Crippen LogP contribution in [0.1, 0.15) is 5.56 Å². The smallest absolute Gasteiger partial charge is 0.164 e. The molecule has 1 heterocycles. The van der Waals surface area contributed by atoms with Crippen LogP contribution in [0, 0.1) is 12.7 Å². The fraction of sp³-hybridized carbons (Fsp3) is 0.0667. The van der Waals surface area contributed by atoms with E-state index < -0.39 is 0 Å². The van der Waals surface area contributed by atoms with Crippen LogP contribution in [-0.2, 0) is 0 Å². The van der Waals surface area contributed by atoms with Crippen LogP contribution in [0.4, 0.5) is 4.39 Å². The lowest BCUT2D eigenvalue weighted by Gasteiger charge is -2.08. The summed E-state index contributed by atoms with van der Waals surface area (Å²) in [5, 5.41) is 0.993. The lowest BCUT2D eigenvalue weighted by atomic mass is 10.1. The van der Waals surface area contributed by atoms with Gasteiger partial charge in [-0.05, 0) is 46.6 Å². The minimum Gasteiger partial charge on any atom is -0.227 e. The molecule has 2 nitrogen and oxygen atoms in total. The number of aromatic nitrogens is 2. The lowest BCUT2D eigenvalue weighted by molar-refractivity contribution is 0.621. The second kappa shape index (κ2) is 5.63. The molecule has 0 amide bonds. The summed E-state index contributed by atoms with van der Waals surface area (Å²) < 4.78 is 15.9. The van der Waals surface area contributed by atoms with Gasteiger partial charge in [0.1, 0.15) is 11.0 Å². The standard InChI is InChI=1S/C15H8Br2ClFN2/c1-7-3-2-4-9(12(7)19)15-20-13-10(14(18)21-15)5-8(16)6-11(13)17/h2-6H,1H3. The zero-order chi connectivity index (χ0) is 15.1. The molecule has 3 aromatic rings. The van der Waals surface area contributed by atoms with Gasteiger partial charge >= 0.3 is 0 Å². The molecule has 106 valence electrons. The van der Waals surface area contributed by atoms with Crippen molar-refractivity contribution < 1.29 is 4.39 Å². The molecule has 0 aliphatic heterocycles. The highest BCUT2D eigenvalue weighted by Gasteiger charge is 2.15. The van der Waals surface area contributed by atoms with Gasteiger partial charge in [0, 0.05) is 14.3 Å². The minimum absolute atomic E-state index is 0.275. The summed E-state index contributed by atoms with van der Waals surface area (Å²) >= 11 is 13.1. The van der Waals surface area contributed by atoms with Crippen molar-refractivity contribution in [2.75, 3.05) is 0 Å². The molecule has 0 fully saturated rings. The summed E-state index contributed by atoms with van der Waals surface area (Å²) in [6, 6.07) is 8.81. The van der Waals surface area contributed by atoms with Crippen molar-refractivity contribution in [2.45, 2.75) is 6.92 Å². The summed E-state index contributed by atoms with van der Waals surface area (Å²) in [5.74, 6) is -0.0575. The van der Waals surface area contributed by atoms with Crippen LogP contribution in [0.2, 0.25) is 5.15 Å². The predicted molar refractivity (Wildman–Crippen MR) is 90.1 cm³/mol. The first-order chi connectivity index (χ1) is 9.97. The first-order valence-corrected chi connectivity index (χ1v) is 8.01. The van der Waals surface area contributed by atoms with Gasteiger partial charge in [-0.25, -0.2) is 14.4 Å². The Bertz CT molecular complexity index is 868. The van der Waals surface area contributed by atoms with Gasteiger partial charge in [-0.1, -0.05) is 39.7 Å². The van der Waals surface area contributed by atoms with Crippen LogP contribution >= 0.6 is 43.5 Å². The number of nitrogens with zero attached hydrogens (tertiary/aromatic N) is 2. The molecule has 6 heteroatoms. The van der Waals surface area contributed by atoms with Gasteiger partial charge in [0.2, 0.25) is 0 Å². The van der Waals surface area contributed by atoms with Gasteiger partial charge in [-0.15, -0.1) is 0 Å². The van der Waals surface area contributed by atoms with Crippen molar-refractivity contribution in [3.8, 4) is 11.4 Å². The largest absolute Gasteiger partial charge is 0.227 e. The average Bonchev–Trinajstić information content (AvgIpc) is 2.43. The Morgan fingerprint density at radius 3 is 2.67 bits per heavy atom. The summed E-state index contributed by atoms with van der Waals surface area (Å²) in [7, 11) is 0. The molecule has 0 saturated carbocycles. The first kappa shape index (κ1) is 14.9. The maximum atomic E-state index is 14.2. The predicted octanol–water partition coefficient (Wildman–Crippen LogP) is 5.92. The molecule has 2 aromatic carbocycles. The summed E-state index contributed by atoms with van der Waals surface area (Å²) in [6.45, 7) is 1.70. The molecular weight excluding hydrogens is 422 g/mol. The molecule has 0 aliphatic rings. The topological polar surface area (TPSA) is 25.8 Å². The Labute approximate surface area is 142 Å². The molecule has 3 rings (SSSR count). The van der Waals surface area contributed by atoms with E-state index in [-0.39, 0.29) is 16.8 Å². The molecule has 0 spiro atoms. The molecule has 0 saturated heterocycles. The molecule has 21 heavy (non-hydrogen) atoms. The minimum atomic E-state index is -0.332. The zero-order valence-electron chi connectivity index (χ0n) is 10.8. The Morgan fingerprint density at radius 2 is 1.90 bits per heavy atom. The summed E-state index contributed by atoms with van der Waals surface area (Å²) in [4.78, 5) is 8.67. The monoisotopic (exact) mass is 428 g/mol. The SMILES string of the molecule is Cc1cccc(-c2nc(Cl)c3cc(Br)cc(Br)c3n2)c1F. The summed E-state index contributed by atoms with van der Waals surface area (Å²) in [6.07, 6.45) is 0. The van der Waals surface area contributed by atoms with Gasteiger partial charge in [0.15, 0.2) is 5.82 Å². The van der Waals surface area contributed by atoms with E-state index in [4.69, 9.17) is 11.6 Å². The molecule has 0 atom stereocenters. The van der Waals surface area contributed by atoms with Crippen LogP contribution in [0.25, 0.3) is 22.3 Å². The Morgan fingerprint density at radius 1 is 1.14 bits per heavy atom. The van der Waals surface area contributed by atoms with Crippen molar-refractivity contribution in [3.05, 3.63) is 55.8 Å². The van der Waals surface area contributed by atoms with E-state index in [9.17, 15) is 4.39 Å². The highest BCUT2D eigenvalue weighted by molar-refractivity contribution is 9.11. The van der Waals surface area contributed by atoms with E-state index in [0.29, 0.717) is 22.0 Å². The molecule has 1 aromatic heterocycles. The molecule has 0 bridgehead atoms. The van der Waals surface area contributed by atoms with Gasteiger partial charge < -0.3 is 0 Å². The highest BCUT2D eigenvalue weighted by atomic mass is 79.9. The second-order valence-corrected chi connectivity index (χ2v) is 6.69. The number of hydrogen-bond donors (Lipinski definition) is 0. The molecule has 0 N–H and O–H groups in total. The van der Waals surface area contributed by atoms with Crippen LogP contribution in [0.15, 0.2) is 39.3 Å². The normalized spacial score (nSPS) is 11.1. The van der Waals surface area contributed by atoms with Crippen molar-refractivity contribution >= 4 is 54.4 Å². The maximum Gasteiger partial charge on any atom is 0.164 e. The molecular formula is C15H8Br2ClFN2. The fourth-order valence-corrected chi connectivity index (χ4v) is 3.60. The number of benzene rings is 2. The number of rotatable bonds is 1. The van der Waals surface area contributed by atoms with Crippen molar-refractivity contribution in [2.24, 2.45) is 0 Å². The second-order valence-electron chi connectivity index (χ2n) is 4.56. The molecule has 0 unspecified atom stereocenters. The van der Waals surface area contributed by atoms with Gasteiger partial charge in [0.25, 0.3) is 0 Å². The number of fused-ring (bicyclic) bond motifs is 1. The third-order valence-corrected chi connectivity index (χ3v) is 4.46. The van der Waals surface area contributed by atoms with Gasteiger partial charge in [-0.3, -0.25) is 0 Å². The maximum absolute atomic E-state index is 14.2. The zero-order valence-corrected chi connectivity index (χ0v) is 14.7. The van der Waals surface area contributed by atoms with Crippen LogP contribution in [0.5, 0.6) is 0 Å². The van der Waals surface area contributed by atoms with Gasteiger partial charge in [0.05, 0.1) is 11.1 Å². The van der Waals surface area contributed by atoms with E-state index in [1.807, 2.05) is 12.1 Å². The first-order valence-electron chi connectivity index (χ1n) is 6.05. The van der Waals surface area contributed by atoms with E-state index in [1.165, 1.54) is 0 Å². The van der Waals surface area contributed by atoms with Crippen molar-refractivity contribution in [1.29, 1.82) is 0 Å². The number of hydrogen-bond acceptors (Lipinski definition) is 2. The highest BCUT2D eigenvalue weighted by Crippen LogP contribution is 2.33. The van der Waals surface area contributed by atoms with E-state index in [2.05, 4.69) is 41.8 Å². The fourth-order valence-electron chi connectivity index (χ4n) is 2.06. The summed E-state index contributed by atoms with van der Waals surface area (Å²) in [5.41, 5.74) is 1.53. The van der Waals surface area contributed by atoms with Gasteiger partial charge in [-0.2, -0.15) is 0 Å². The Balaban J connectivity index is 2.33. The third-order valence-electron chi connectivity index (χ3n) is 3.10. The van der Waals surface area contributed by atoms with Crippen LogP contribution < -0.4 is 0 Å². The van der Waals surface area contributed by atoms with Crippen molar-refractivity contribution in [1.82, 2.24) is 9.97 Å². The van der Waals surface area contributed by atoms with Crippen LogP contribution in [0.3, 0.4) is 0 Å². The molecule has 0 radical (unpaired) electrons. The molecule has 0 aliphatic carbocycles. The average molecular weight is 431 g/mol. The number of aryl methyl sites for hydroxylation is 1. The van der Waals surface area contributed by atoms with E-state index in [0.717, 1.165) is 8.95 Å². The third kappa shape index (κ3) is 2.70. The Hall–Kier alpha value is -1.04. The van der Waals surface area contributed by atoms with Crippen LogP contribution in [-0.4, -0.2) is 9.97 Å². The lowest BCUT2D eigenvalue weighted by Crippen LogP contribution is -1.96. The van der Waals surface area contributed by atoms with Crippen molar-refractivity contribution in [3.63, 3.8) is 0 Å². The Kier molecular flexibility index (Phi) is 3.99. The van der Waals surface area contributed by atoms with E-state index >= 15 is 0 Å². The number of halogens is 4.